The number of ether oxygens (including phenoxy) is 1. The van der Waals surface area contributed by atoms with Gasteiger partial charge in [-0.05, 0) is 22.9 Å². The van der Waals surface area contributed by atoms with Crippen molar-refractivity contribution >= 4 is 0 Å². The van der Waals surface area contributed by atoms with Gasteiger partial charge in [-0.15, -0.1) is 10.2 Å². The van der Waals surface area contributed by atoms with Gasteiger partial charge in [0.2, 0.25) is 0 Å². The Labute approximate surface area is 99.6 Å². The molecule has 0 saturated carbocycles. The summed E-state index contributed by atoms with van der Waals surface area (Å²) < 4.78 is 5.09. The standard InChI is InChI=1S/C11H14N5O/c1-12-7-11-13-15-16(14-11)8-9-3-5-10(17-2)6-4-9/h3-6H,7-8H2,1-2H3/q-1. The van der Waals surface area contributed by atoms with Crippen molar-refractivity contribution in [2.24, 2.45) is 0 Å². The van der Waals surface area contributed by atoms with Crippen molar-refractivity contribution < 1.29 is 4.74 Å². The zero-order valence-corrected chi connectivity index (χ0v) is 9.87. The van der Waals surface area contributed by atoms with Gasteiger partial charge in [-0.25, -0.2) is 0 Å². The SMILES string of the molecule is C[N-]Cc1nnn(Cc2ccc(OC)cc2)n1. The van der Waals surface area contributed by atoms with E-state index in [1.165, 1.54) is 0 Å². The normalized spacial score (nSPS) is 10.5. The lowest BCUT2D eigenvalue weighted by molar-refractivity contribution is 0.414. The van der Waals surface area contributed by atoms with Gasteiger partial charge in [-0.1, -0.05) is 18.7 Å². The second-order valence-corrected chi connectivity index (χ2v) is 3.56. The quantitative estimate of drug-likeness (QED) is 0.777. The fourth-order valence-electron chi connectivity index (χ4n) is 1.44. The molecule has 0 aliphatic heterocycles. The van der Waals surface area contributed by atoms with Crippen LogP contribution in [0, 0.1) is 0 Å². The molecule has 0 radical (unpaired) electrons. The molecule has 1 aromatic carbocycles. The maximum atomic E-state index is 5.09. The summed E-state index contributed by atoms with van der Waals surface area (Å²) in [5, 5.41) is 16.0. The van der Waals surface area contributed by atoms with E-state index >= 15 is 0 Å². The van der Waals surface area contributed by atoms with Crippen LogP contribution in [0.2, 0.25) is 0 Å². The van der Waals surface area contributed by atoms with Crippen molar-refractivity contribution in [1.82, 2.24) is 20.2 Å². The predicted molar refractivity (Wildman–Crippen MR) is 62.9 cm³/mol. The van der Waals surface area contributed by atoms with Crippen LogP contribution in [0.4, 0.5) is 0 Å². The zero-order valence-electron chi connectivity index (χ0n) is 9.87. The van der Waals surface area contributed by atoms with Gasteiger partial charge in [0.25, 0.3) is 0 Å². The number of rotatable bonds is 5. The lowest BCUT2D eigenvalue weighted by atomic mass is 10.2. The Hall–Kier alpha value is -1.95. The maximum absolute atomic E-state index is 5.09. The molecule has 0 atom stereocenters. The van der Waals surface area contributed by atoms with Crippen molar-refractivity contribution in [3.05, 3.63) is 41.0 Å². The van der Waals surface area contributed by atoms with E-state index < -0.39 is 0 Å². The molecule has 1 heterocycles. The highest BCUT2D eigenvalue weighted by molar-refractivity contribution is 5.27. The number of nitrogens with zero attached hydrogens (tertiary/aromatic N) is 5. The molecule has 6 nitrogen and oxygen atoms in total. The first kappa shape index (κ1) is 11.5. The van der Waals surface area contributed by atoms with Crippen LogP contribution >= 0.6 is 0 Å². The summed E-state index contributed by atoms with van der Waals surface area (Å²) in [5.41, 5.74) is 1.10. The number of hydrogen-bond donors (Lipinski definition) is 0. The van der Waals surface area contributed by atoms with Gasteiger partial charge < -0.3 is 10.1 Å². The molecule has 2 aromatic rings. The van der Waals surface area contributed by atoms with Crippen LogP contribution in [0.15, 0.2) is 24.3 Å². The van der Waals surface area contributed by atoms with Gasteiger partial charge in [0, 0.05) is 0 Å². The molecule has 2 rings (SSSR count). The van der Waals surface area contributed by atoms with Crippen LogP contribution in [0.3, 0.4) is 0 Å². The molecule has 0 saturated heterocycles. The number of methoxy groups -OCH3 is 1. The first-order valence-corrected chi connectivity index (χ1v) is 5.27. The third kappa shape index (κ3) is 3.01. The fraction of sp³-hybridized carbons (Fsp3) is 0.364. The molecule has 0 unspecified atom stereocenters. The summed E-state index contributed by atoms with van der Waals surface area (Å²) in [5.74, 6) is 1.48. The van der Waals surface area contributed by atoms with Crippen molar-refractivity contribution in [3.8, 4) is 5.75 Å². The van der Waals surface area contributed by atoms with Gasteiger partial charge in [0.1, 0.15) is 5.75 Å². The van der Waals surface area contributed by atoms with Crippen LogP contribution < -0.4 is 4.74 Å². The molecule has 17 heavy (non-hydrogen) atoms. The Morgan fingerprint density at radius 1 is 1.29 bits per heavy atom. The number of aromatic nitrogens is 4. The third-order valence-corrected chi connectivity index (χ3v) is 2.28. The topological polar surface area (TPSA) is 66.9 Å². The largest absolute Gasteiger partial charge is 0.659 e. The summed E-state index contributed by atoms with van der Waals surface area (Å²) in [6.07, 6.45) is 0. The lowest BCUT2D eigenvalue weighted by Crippen LogP contribution is -2.04. The number of tetrazole rings is 1. The Balaban J connectivity index is 2.03. The van der Waals surface area contributed by atoms with Crippen molar-refractivity contribution in [2.45, 2.75) is 13.1 Å². The molecule has 0 spiro atoms. The second-order valence-electron chi connectivity index (χ2n) is 3.56. The highest BCUT2D eigenvalue weighted by atomic mass is 16.5. The Bertz CT molecular complexity index is 465. The smallest absolute Gasteiger partial charge is 0.154 e. The molecule has 90 valence electrons. The number of benzene rings is 1. The summed E-state index contributed by atoms with van der Waals surface area (Å²) in [6, 6.07) is 7.78. The first-order chi connectivity index (χ1) is 8.31. The molecule has 0 bridgehead atoms. The molecule has 0 fully saturated rings. The summed E-state index contributed by atoms with van der Waals surface area (Å²) in [7, 11) is 3.37. The van der Waals surface area contributed by atoms with Gasteiger partial charge >= 0.3 is 0 Å². The van der Waals surface area contributed by atoms with E-state index in [4.69, 9.17) is 4.74 Å². The fourth-order valence-corrected chi connectivity index (χ4v) is 1.44. The minimum absolute atomic E-state index is 0.503. The molecular formula is C11H14N5O-. The molecular weight excluding hydrogens is 218 g/mol. The van der Waals surface area contributed by atoms with Crippen LogP contribution in [0.1, 0.15) is 11.4 Å². The lowest BCUT2D eigenvalue weighted by Gasteiger charge is -2.04. The van der Waals surface area contributed by atoms with Gasteiger partial charge in [-0.3, -0.25) is 0 Å². The molecule has 1 aromatic heterocycles. The van der Waals surface area contributed by atoms with Crippen molar-refractivity contribution in [1.29, 1.82) is 0 Å². The van der Waals surface area contributed by atoms with Gasteiger partial charge in [-0.2, -0.15) is 11.8 Å². The van der Waals surface area contributed by atoms with Crippen molar-refractivity contribution in [3.63, 3.8) is 0 Å². The average molecular weight is 232 g/mol. The Morgan fingerprint density at radius 2 is 2.06 bits per heavy atom. The van der Waals surface area contributed by atoms with E-state index in [0.717, 1.165) is 11.3 Å². The Kier molecular flexibility index (Phi) is 3.66. The minimum atomic E-state index is 0.503. The van der Waals surface area contributed by atoms with E-state index in [2.05, 4.69) is 20.7 Å². The van der Waals surface area contributed by atoms with Crippen LogP contribution in [0.25, 0.3) is 5.32 Å². The van der Waals surface area contributed by atoms with Gasteiger partial charge in [0.05, 0.1) is 13.7 Å². The molecule has 0 amide bonds. The van der Waals surface area contributed by atoms with E-state index in [1.807, 2.05) is 24.3 Å². The molecule has 0 N–H and O–H groups in total. The van der Waals surface area contributed by atoms with Crippen LogP contribution in [-0.2, 0) is 13.1 Å². The van der Waals surface area contributed by atoms with Crippen LogP contribution in [0.5, 0.6) is 5.75 Å². The monoisotopic (exact) mass is 232 g/mol. The Morgan fingerprint density at radius 3 is 2.71 bits per heavy atom. The van der Waals surface area contributed by atoms with E-state index in [1.54, 1.807) is 19.0 Å². The highest BCUT2D eigenvalue weighted by Gasteiger charge is 2.00. The molecule has 6 heteroatoms. The van der Waals surface area contributed by atoms with E-state index in [-0.39, 0.29) is 0 Å². The van der Waals surface area contributed by atoms with Crippen molar-refractivity contribution in [2.75, 3.05) is 14.2 Å². The molecule has 0 aliphatic carbocycles. The van der Waals surface area contributed by atoms with E-state index in [9.17, 15) is 0 Å². The zero-order chi connectivity index (χ0) is 12.1. The van der Waals surface area contributed by atoms with E-state index in [0.29, 0.717) is 18.9 Å². The molecule has 0 aliphatic rings. The first-order valence-electron chi connectivity index (χ1n) is 5.27. The number of hydrogen-bond acceptors (Lipinski definition) is 4. The van der Waals surface area contributed by atoms with Gasteiger partial charge in [0.15, 0.2) is 5.82 Å². The summed E-state index contributed by atoms with van der Waals surface area (Å²) in [6.45, 7) is 1.10. The average Bonchev–Trinajstić information content (AvgIpc) is 2.78. The predicted octanol–water partition coefficient (Wildman–Crippen LogP) is 1.23. The highest BCUT2D eigenvalue weighted by Crippen LogP contribution is 2.11. The van der Waals surface area contributed by atoms with Crippen LogP contribution in [-0.4, -0.2) is 34.4 Å². The third-order valence-electron chi connectivity index (χ3n) is 2.28. The summed E-state index contributed by atoms with van der Waals surface area (Å²) >= 11 is 0. The maximum Gasteiger partial charge on any atom is 0.154 e. The summed E-state index contributed by atoms with van der Waals surface area (Å²) in [4.78, 5) is 1.56. The minimum Gasteiger partial charge on any atom is -0.659 e. The second kappa shape index (κ2) is 5.40.